The molecule has 0 N–H and O–H groups in total. The second-order valence-electron chi connectivity index (χ2n) is 8.74. The number of hydrogen-bond donors (Lipinski definition) is 0. The SMILES string of the molecule is CC(C)(C)c1ccc(CN(C(=O)c2cccc([N+](=O)[O-])c2)[C@H]2CCS(=O)(=O)C2)cc1. The van der Waals surface area contributed by atoms with Crippen LogP contribution in [0.2, 0.25) is 0 Å². The van der Waals surface area contributed by atoms with Gasteiger partial charge in [-0.25, -0.2) is 8.42 Å². The van der Waals surface area contributed by atoms with Crippen LogP contribution in [0.4, 0.5) is 5.69 Å². The highest BCUT2D eigenvalue weighted by Gasteiger charge is 2.35. The molecule has 1 fully saturated rings. The predicted molar refractivity (Wildman–Crippen MR) is 115 cm³/mol. The Kier molecular flexibility index (Phi) is 5.99. The zero-order chi connectivity index (χ0) is 22.1. The minimum Gasteiger partial charge on any atom is -0.330 e. The molecule has 0 bridgehead atoms. The highest BCUT2D eigenvalue weighted by Crippen LogP contribution is 2.26. The molecule has 1 atom stereocenters. The molecule has 0 aliphatic carbocycles. The average molecular weight is 431 g/mol. The normalized spacial score (nSPS) is 18.2. The Hall–Kier alpha value is -2.74. The topological polar surface area (TPSA) is 97.6 Å². The third-order valence-electron chi connectivity index (χ3n) is 5.39. The lowest BCUT2D eigenvalue weighted by Crippen LogP contribution is -2.40. The van der Waals surface area contributed by atoms with Crippen LogP contribution in [0, 0.1) is 10.1 Å². The van der Waals surface area contributed by atoms with Gasteiger partial charge in [-0.3, -0.25) is 14.9 Å². The van der Waals surface area contributed by atoms with E-state index in [1.54, 1.807) is 0 Å². The van der Waals surface area contributed by atoms with Crippen LogP contribution in [0.15, 0.2) is 48.5 Å². The summed E-state index contributed by atoms with van der Waals surface area (Å²) in [6.07, 6.45) is 0.364. The fourth-order valence-electron chi connectivity index (χ4n) is 3.61. The molecule has 2 aromatic rings. The lowest BCUT2D eigenvalue weighted by molar-refractivity contribution is -0.384. The number of hydrogen-bond acceptors (Lipinski definition) is 5. The summed E-state index contributed by atoms with van der Waals surface area (Å²) in [5, 5.41) is 11.1. The first-order valence-electron chi connectivity index (χ1n) is 9.81. The zero-order valence-electron chi connectivity index (χ0n) is 17.4. The minimum atomic E-state index is -3.20. The molecular weight excluding hydrogens is 404 g/mol. The molecule has 1 amide bonds. The van der Waals surface area contributed by atoms with Gasteiger partial charge in [0, 0.05) is 30.3 Å². The predicted octanol–water partition coefficient (Wildman–Crippen LogP) is 3.72. The lowest BCUT2D eigenvalue weighted by atomic mass is 9.86. The number of rotatable bonds is 5. The van der Waals surface area contributed by atoms with Gasteiger partial charge < -0.3 is 4.90 Å². The maximum Gasteiger partial charge on any atom is 0.270 e. The number of nitrogens with zero attached hydrogens (tertiary/aromatic N) is 2. The standard InChI is InChI=1S/C22H26N2O5S/c1-22(2,3)18-9-7-16(8-10-18)14-23(20-11-12-30(28,29)15-20)21(25)17-5-4-6-19(13-17)24(26)27/h4-10,13,20H,11-12,14-15H2,1-3H3/t20-/m0/s1. The summed E-state index contributed by atoms with van der Waals surface area (Å²) in [5.74, 6) is -0.451. The van der Waals surface area contributed by atoms with Crippen LogP contribution in [-0.2, 0) is 21.8 Å². The van der Waals surface area contributed by atoms with Crippen molar-refractivity contribution < 1.29 is 18.1 Å². The molecule has 0 radical (unpaired) electrons. The molecule has 7 nitrogen and oxygen atoms in total. The molecule has 160 valence electrons. The van der Waals surface area contributed by atoms with Gasteiger partial charge in [-0.2, -0.15) is 0 Å². The van der Waals surface area contributed by atoms with Crippen LogP contribution in [0.3, 0.4) is 0 Å². The average Bonchev–Trinajstić information content (AvgIpc) is 3.05. The van der Waals surface area contributed by atoms with Gasteiger partial charge in [0.2, 0.25) is 0 Å². The van der Waals surface area contributed by atoms with E-state index in [-0.39, 0.29) is 34.7 Å². The van der Waals surface area contributed by atoms with Gasteiger partial charge in [-0.15, -0.1) is 0 Å². The Morgan fingerprint density at radius 1 is 1.17 bits per heavy atom. The van der Waals surface area contributed by atoms with Crippen molar-refractivity contribution in [3.8, 4) is 0 Å². The van der Waals surface area contributed by atoms with E-state index >= 15 is 0 Å². The van der Waals surface area contributed by atoms with Crippen molar-refractivity contribution in [2.75, 3.05) is 11.5 Å². The maximum atomic E-state index is 13.3. The van der Waals surface area contributed by atoms with Gasteiger partial charge in [0.25, 0.3) is 11.6 Å². The number of benzene rings is 2. The first kappa shape index (κ1) is 22.0. The molecule has 0 spiro atoms. The van der Waals surface area contributed by atoms with Crippen molar-refractivity contribution in [3.63, 3.8) is 0 Å². The molecular formula is C22H26N2O5S. The summed E-state index contributed by atoms with van der Waals surface area (Å²) in [5.41, 5.74) is 2.04. The Bertz CT molecular complexity index is 1060. The molecule has 3 rings (SSSR count). The van der Waals surface area contributed by atoms with E-state index in [1.165, 1.54) is 29.2 Å². The van der Waals surface area contributed by atoms with E-state index in [1.807, 2.05) is 24.3 Å². The number of nitro benzene ring substituents is 1. The molecule has 2 aromatic carbocycles. The Balaban J connectivity index is 1.92. The van der Waals surface area contributed by atoms with Gasteiger partial charge in [0.15, 0.2) is 9.84 Å². The van der Waals surface area contributed by atoms with Crippen molar-refractivity contribution in [2.45, 2.75) is 45.2 Å². The fourth-order valence-corrected chi connectivity index (χ4v) is 5.34. The van der Waals surface area contributed by atoms with Gasteiger partial charge in [0.1, 0.15) is 0 Å². The summed E-state index contributed by atoms with van der Waals surface area (Å²) in [6.45, 7) is 6.59. The van der Waals surface area contributed by atoms with Crippen molar-refractivity contribution >= 4 is 21.4 Å². The van der Waals surface area contributed by atoms with E-state index in [0.717, 1.165) is 11.1 Å². The van der Waals surface area contributed by atoms with E-state index < -0.39 is 26.7 Å². The third-order valence-corrected chi connectivity index (χ3v) is 7.14. The second kappa shape index (κ2) is 8.18. The first-order valence-corrected chi connectivity index (χ1v) is 11.6. The summed E-state index contributed by atoms with van der Waals surface area (Å²) in [6, 6.07) is 13.0. The fraction of sp³-hybridized carbons (Fsp3) is 0.409. The van der Waals surface area contributed by atoms with Crippen LogP contribution < -0.4 is 0 Å². The van der Waals surface area contributed by atoms with Crippen LogP contribution in [0.1, 0.15) is 48.7 Å². The molecule has 1 heterocycles. The molecule has 8 heteroatoms. The lowest BCUT2D eigenvalue weighted by Gasteiger charge is -2.29. The van der Waals surface area contributed by atoms with Gasteiger partial charge >= 0.3 is 0 Å². The molecule has 1 aliphatic rings. The monoisotopic (exact) mass is 430 g/mol. The van der Waals surface area contributed by atoms with Crippen LogP contribution in [-0.4, -0.2) is 41.7 Å². The molecule has 1 saturated heterocycles. The molecule has 30 heavy (non-hydrogen) atoms. The molecule has 0 unspecified atom stereocenters. The highest BCUT2D eigenvalue weighted by molar-refractivity contribution is 7.91. The quantitative estimate of drug-likeness (QED) is 0.532. The second-order valence-corrected chi connectivity index (χ2v) is 11.0. The summed E-state index contributed by atoms with van der Waals surface area (Å²) in [4.78, 5) is 25.3. The van der Waals surface area contributed by atoms with Gasteiger partial charge in [0.05, 0.1) is 16.4 Å². The first-order chi connectivity index (χ1) is 14.0. The van der Waals surface area contributed by atoms with E-state index in [4.69, 9.17) is 0 Å². The number of non-ortho nitro benzene ring substituents is 1. The van der Waals surface area contributed by atoms with Gasteiger partial charge in [-0.1, -0.05) is 51.1 Å². The van der Waals surface area contributed by atoms with Crippen LogP contribution in [0.5, 0.6) is 0 Å². The van der Waals surface area contributed by atoms with Crippen molar-refractivity contribution in [2.24, 2.45) is 0 Å². The van der Waals surface area contributed by atoms with Crippen molar-refractivity contribution in [1.29, 1.82) is 0 Å². The third kappa shape index (κ3) is 5.05. The van der Waals surface area contributed by atoms with Crippen LogP contribution in [0.25, 0.3) is 0 Å². The smallest absolute Gasteiger partial charge is 0.270 e. The largest absolute Gasteiger partial charge is 0.330 e. The molecule has 0 saturated carbocycles. The Labute approximate surface area is 176 Å². The minimum absolute atomic E-state index is 0.00343. The van der Waals surface area contributed by atoms with E-state index in [2.05, 4.69) is 20.8 Å². The molecule has 0 aromatic heterocycles. The Morgan fingerprint density at radius 3 is 2.37 bits per heavy atom. The summed E-state index contributed by atoms with van der Waals surface area (Å²) < 4.78 is 24.1. The number of amides is 1. The maximum absolute atomic E-state index is 13.3. The number of nitro groups is 1. The Morgan fingerprint density at radius 2 is 1.83 bits per heavy atom. The number of carbonyl (C=O) groups excluding carboxylic acids is 1. The molecule has 1 aliphatic heterocycles. The summed E-state index contributed by atoms with van der Waals surface area (Å²) >= 11 is 0. The van der Waals surface area contributed by atoms with Crippen molar-refractivity contribution in [1.82, 2.24) is 4.90 Å². The zero-order valence-corrected chi connectivity index (χ0v) is 18.2. The highest BCUT2D eigenvalue weighted by atomic mass is 32.2. The van der Waals surface area contributed by atoms with Crippen LogP contribution >= 0.6 is 0 Å². The summed E-state index contributed by atoms with van der Waals surface area (Å²) in [7, 11) is -3.20. The van der Waals surface area contributed by atoms with Crippen molar-refractivity contribution in [3.05, 3.63) is 75.3 Å². The van der Waals surface area contributed by atoms with Gasteiger partial charge in [-0.05, 0) is 29.0 Å². The van der Waals surface area contributed by atoms with E-state index in [0.29, 0.717) is 6.42 Å². The number of carbonyl (C=O) groups is 1. The van der Waals surface area contributed by atoms with E-state index in [9.17, 15) is 23.3 Å². The number of sulfone groups is 1.